The highest BCUT2D eigenvalue weighted by Gasteiger charge is 2.26. The molecule has 6 heteroatoms. The van der Waals surface area contributed by atoms with Crippen LogP contribution < -0.4 is 14.9 Å². The maximum absolute atomic E-state index is 12.4. The molecule has 2 aromatic rings. The van der Waals surface area contributed by atoms with Gasteiger partial charge in [0.25, 0.3) is 0 Å². The van der Waals surface area contributed by atoms with Crippen LogP contribution in [-0.4, -0.2) is 32.1 Å². The van der Waals surface area contributed by atoms with Crippen LogP contribution >= 0.6 is 0 Å². The minimum Gasteiger partial charge on any atom is -0.497 e. The van der Waals surface area contributed by atoms with Gasteiger partial charge < -0.3 is 19.2 Å². The van der Waals surface area contributed by atoms with Crippen molar-refractivity contribution in [3.8, 4) is 11.5 Å². The van der Waals surface area contributed by atoms with E-state index in [1.54, 1.807) is 31.4 Å². The van der Waals surface area contributed by atoms with E-state index in [0.717, 1.165) is 16.6 Å². The highest BCUT2D eigenvalue weighted by atomic mass is 16.5. The molecule has 3 rings (SSSR count). The molecule has 0 unspecified atom stereocenters. The number of fused-ring (bicyclic) bond motifs is 1. The average Bonchev–Trinajstić information content (AvgIpc) is 2.99. The first kappa shape index (κ1) is 16.3. The fraction of sp³-hybridized carbons (Fsp3) is 0.167. The predicted molar refractivity (Wildman–Crippen MR) is 91.7 cm³/mol. The van der Waals surface area contributed by atoms with E-state index in [0.29, 0.717) is 23.7 Å². The number of hydrogen-bond acceptors (Lipinski definition) is 5. The van der Waals surface area contributed by atoms with E-state index in [2.05, 4.69) is 0 Å². The zero-order valence-corrected chi connectivity index (χ0v) is 13.5. The number of carbonyl (C=O) groups excluding carboxylic acids is 1. The van der Waals surface area contributed by atoms with Crippen molar-refractivity contribution in [2.24, 2.45) is 0 Å². The average molecular weight is 324 g/mol. The first-order valence-electron chi connectivity index (χ1n) is 7.49. The lowest BCUT2D eigenvalue weighted by molar-refractivity contribution is 0.104. The van der Waals surface area contributed by atoms with Gasteiger partial charge in [-0.15, -0.1) is 0 Å². The molecule has 0 amide bonds. The number of ether oxygens (including phenoxy) is 2. The second kappa shape index (κ2) is 6.90. The SMILES string of the molecule is COc1ccc(C(=O)/C=C/c2ccc3c(c2)B(O)OC3)c(OC)c1. The van der Waals surface area contributed by atoms with Crippen molar-refractivity contribution in [2.75, 3.05) is 14.2 Å². The Hall–Kier alpha value is -2.57. The van der Waals surface area contributed by atoms with Crippen molar-refractivity contribution in [2.45, 2.75) is 6.61 Å². The number of ketones is 1. The van der Waals surface area contributed by atoms with Crippen molar-refractivity contribution in [1.29, 1.82) is 0 Å². The molecule has 0 radical (unpaired) electrons. The Labute approximate surface area is 140 Å². The highest BCUT2D eigenvalue weighted by molar-refractivity contribution is 6.61. The molecule has 0 aliphatic carbocycles. The number of hydrogen-bond donors (Lipinski definition) is 1. The molecule has 5 nitrogen and oxygen atoms in total. The Morgan fingerprint density at radius 1 is 1.21 bits per heavy atom. The topological polar surface area (TPSA) is 65.0 Å². The maximum atomic E-state index is 12.4. The van der Waals surface area contributed by atoms with E-state index in [4.69, 9.17) is 14.1 Å². The Bertz CT molecular complexity index is 800. The number of benzene rings is 2. The van der Waals surface area contributed by atoms with Gasteiger partial charge in [-0.05, 0) is 34.8 Å². The van der Waals surface area contributed by atoms with Crippen LogP contribution in [0.4, 0.5) is 0 Å². The fourth-order valence-corrected chi connectivity index (χ4v) is 2.60. The smallest absolute Gasteiger partial charge is 0.491 e. The molecular formula is C18H17BO5. The van der Waals surface area contributed by atoms with Gasteiger partial charge in [0, 0.05) is 6.07 Å². The van der Waals surface area contributed by atoms with Crippen LogP contribution in [0.25, 0.3) is 6.08 Å². The normalized spacial score (nSPS) is 13.2. The number of carbonyl (C=O) groups is 1. The second-order valence-corrected chi connectivity index (χ2v) is 5.39. The van der Waals surface area contributed by atoms with E-state index < -0.39 is 7.12 Å². The molecule has 1 aliphatic heterocycles. The van der Waals surface area contributed by atoms with Gasteiger partial charge in [-0.25, -0.2) is 0 Å². The summed E-state index contributed by atoms with van der Waals surface area (Å²) >= 11 is 0. The molecule has 122 valence electrons. The van der Waals surface area contributed by atoms with Crippen LogP contribution in [-0.2, 0) is 11.3 Å². The van der Waals surface area contributed by atoms with E-state index in [1.165, 1.54) is 13.2 Å². The standard InChI is InChI=1S/C18H17BO5/c1-22-14-6-7-15(18(10-14)23-2)17(20)8-4-12-3-5-13-11-24-19(21)16(13)9-12/h3-10,21H,11H2,1-2H3/b8-4+. The Balaban J connectivity index is 1.82. The fourth-order valence-electron chi connectivity index (χ4n) is 2.60. The van der Waals surface area contributed by atoms with E-state index >= 15 is 0 Å². The Kier molecular flexibility index (Phi) is 4.69. The summed E-state index contributed by atoms with van der Waals surface area (Å²) in [6.07, 6.45) is 3.19. The maximum Gasteiger partial charge on any atom is 0.491 e. The zero-order chi connectivity index (χ0) is 17.1. The molecule has 2 aromatic carbocycles. The van der Waals surface area contributed by atoms with Gasteiger partial charge in [0.15, 0.2) is 5.78 Å². The lowest BCUT2D eigenvalue weighted by Crippen LogP contribution is -2.28. The summed E-state index contributed by atoms with van der Waals surface area (Å²) in [5, 5.41) is 9.74. The first-order chi connectivity index (χ1) is 11.6. The number of rotatable bonds is 5. The third-order valence-corrected chi connectivity index (χ3v) is 3.93. The van der Waals surface area contributed by atoms with E-state index in [-0.39, 0.29) is 5.78 Å². The summed E-state index contributed by atoms with van der Waals surface area (Å²) in [5.41, 5.74) is 2.98. The monoisotopic (exact) mass is 324 g/mol. The minimum atomic E-state index is -0.897. The molecule has 0 saturated carbocycles. The molecule has 24 heavy (non-hydrogen) atoms. The molecule has 1 heterocycles. The van der Waals surface area contributed by atoms with Gasteiger partial charge in [0.1, 0.15) is 11.5 Å². The lowest BCUT2D eigenvalue weighted by atomic mass is 9.79. The molecule has 0 aromatic heterocycles. The molecule has 1 aliphatic rings. The van der Waals surface area contributed by atoms with Gasteiger partial charge in [-0.1, -0.05) is 24.3 Å². The van der Waals surface area contributed by atoms with Crippen molar-refractivity contribution in [3.05, 3.63) is 59.2 Å². The largest absolute Gasteiger partial charge is 0.497 e. The highest BCUT2D eigenvalue weighted by Crippen LogP contribution is 2.25. The molecule has 0 atom stereocenters. The van der Waals surface area contributed by atoms with Crippen LogP contribution in [0.5, 0.6) is 11.5 Å². The van der Waals surface area contributed by atoms with Crippen molar-refractivity contribution < 1.29 is 23.9 Å². The van der Waals surface area contributed by atoms with E-state index in [1.807, 2.05) is 18.2 Å². The summed E-state index contributed by atoms with van der Waals surface area (Å²) in [4.78, 5) is 12.4. The Morgan fingerprint density at radius 2 is 2.04 bits per heavy atom. The summed E-state index contributed by atoms with van der Waals surface area (Å²) in [6.45, 7) is 0.405. The quantitative estimate of drug-likeness (QED) is 0.516. The van der Waals surface area contributed by atoms with Crippen LogP contribution in [0, 0.1) is 0 Å². The molecule has 0 saturated heterocycles. The van der Waals surface area contributed by atoms with Crippen molar-refractivity contribution >= 4 is 24.4 Å². The zero-order valence-electron chi connectivity index (χ0n) is 13.5. The van der Waals surface area contributed by atoms with Gasteiger partial charge in [-0.3, -0.25) is 4.79 Å². The number of methoxy groups -OCH3 is 2. The summed E-state index contributed by atoms with van der Waals surface area (Å²) in [5.74, 6) is 0.911. The molecular weight excluding hydrogens is 307 g/mol. The van der Waals surface area contributed by atoms with Gasteiger partial charge in [0.05, 0.1) is 26.4 Å². The van der Waals surface area contributed by atoms with Crippen molar-refractivity contribution in [3.63, 3.8) is 0 Å². The summed E-state index contributed by atoms with van der Waals surface area (Å²) in [7, 11) is 2.17. The third-order valence-electron chi connectivity index (χ3n) is 3.93. The number of allylic oxidation sites excluding steroid dienone is 1. The first-order valence-corrected chi connectivity index (χ1v) is 7.49. The predicted octanol–water partition coefficient (Wildman–Crippen LogP) is 1.82. The van der Waals surface area contributed by atoms with E-state index in [9.17, 15) is 9.82 Å². The lowest BCUT2D eigenvalue weighted by Gasteiger charge is -2.08. The van der Waals surface area contributed by atoms with Crippen molar-refractivity contribution in [1.82, 2.24) is 0 Å². The second-order valence-electron chi connectivity index (χ2n) is 5.39. The summed E-state index contributed by atoms with van der Waals surface area (Å²) in [6, 6.07) is 10.7. The van der Waals surface area contributed by atoms with Crippen LogP contribution in [0.1, 0.15) is 21.5 Å². The van der Waals surface area contributed by atoms with Crippen LogP contribution in [0.3, 0.4) is 0 Å². The Morgan fingerprint density at radius 3 is 2.79 bits per heavy atom. The van der Waals surface area contributed by atoms with Crippen LogP contribution in [0.2, 0.25) is 0 Å². The van der Waals surface area contributed by atoms with Gasteiger partial charge in [0.2, 0.25) is 0 Å². The molecule has 0 fully saturated rings. The van der Waals surface area contributed by atoms with Gasteiger partial charge >= 0.3 is 7.12 Å². The van der Waals surface area contributed by atoms with Gasteiger partial charge in [-0.2, -0.15) is 0 Å². The molecule has 0 bridgehead atoms. The summed E-state index contributed by atoms with van der Waals surface area (Å²) < 4.78 is 15.5. The third kappa shape index (κ3) is 3.20. The minimum absolute atomic E-state index is 0.174. The molecule has 0 spiro atoms. The molecule has 1 N–H and O–H groups in total. The van der Waals surface area contributed by atoms with Crippen LogP contribution in [0.15, 0.2) is 42.5 Å².